The van der Waals surface area contributed by atoms with Crippen LogP contribution >= 0.6 is 0 Å². The molecule has 0 aliphatic heterocycles. The molecule has 0 aliphatic carbocycles. The predicted molar refractivity (Wildman–Crippen MR) is 199 cm³/mol. The molecule has 0 aromatic carbocycles. The van der Waals surface area contributed by atoms with Crippen LogP contribution < -0.4 is 27.0 Å². The molecule has 6 N–H and O–H groups in total. The Kier molecular flexibility index (Phi) is 26.2. The van der Waals surface area contributed by atoms with Gasteiger partial charge in [-0.2, -0.15) is 0 Å². The monoisotopic (exact) mass is 712 g/mol. The summed E-state index contributed by atoms with van der Waals surface area (Å²) in [6.45, 7) is 14.4. The number of nitrogens with two attached hydrogens (primary N) is 1. The molecule has 0 heterocycles. The second-order valence-electron chi connectivity index (χ2n) is 15.4. The highest BCUT2D eigenvalue weighted by Crippen LogP contribution is 2.12. The van der Waals surface area contributed by atoms with E-state index in [9.17, 15) is 24.0 Å². The van der Waals surface area contributed by atoms with Crippen molar-refractivity contribution in [2.24, 2.45) is 5.73 Å². The summed E-state index contributed by atoms with van der Waals surface area (Å²) in [6.07, 6.45) is 16.2. The smallest absolute Gasteiger partial charge is 0.407 e. The van der Waals surface area contributed by atoms with Crippen LogP contribution in [0.25, 0.3) is 0 Å². The second kappa shape index (κ2) is 27.8. The standard InChI is InChI=1S/C38H73N5O7/c1-8-9-10-11-12-13-14-15-18-24-32(44)40-27-20-16-17-21-28-41-35(47)31(25-26-33(45)49-37(2,3)4)43-34(46)30(39)23-19-22-29-42-36(48)50-38(5,6)7/h30-31H,8-29,39H2,1-7H3,(H,40,44)(H,41,47)(H,42,48)(H,43,46). The van der Waals surface area contributed by atoms with Gasteiger partial charge < -0.3 is 36.5 Å². The lowest BCUT2D eigenvalue weighted by Crippen LogP contribution is -2.52. The first-order valence-electron chi connectivity index (χ1n) is 19.3. The molecule has 292 valence electrons. The first-order chi connectivity index (χ1) is 23.5. The summed E-state index contributed by atoms with van der Waals surface area (Å²) in [6, 6.07) is -1.78. The van der Waals surface area contributed by atoms with Gasteiger partial charge in [0.25, 0.3) is 0 Å². The lowest BCUT2D eigenvalue weighted by atomic mass is 10.1. The summed E-state index contributed by atoms with van der Waals surface area (Å²) in [4.78, 5) is 62.1. The van der Waals surface area contributed by atoms with E-state index in [2.05, 4.69) is 28.2 Å². The quantitative estimate of drug-likeness (QED) is 0.0462. The zero-order valence-corrected chi connectivity index (χ0v) is 32.6. The highest BCUT2D eigenvalue weighted by Gasteiger charge is 2.26. The molecular weight excluding hydrogens is 638 g/mol. The molecule has 0 aliphatic rings. The number of hydrogen-bond acceptors (Lipinski definition) is 8. The van der Waals surface area contributed by atoms with Crippen molar-refractivity contribution in [1.29, 1.82) is 0 Å². The van der Waals surface area contributed by atoms with Crippen molar-refractivity contribution in [2.75, 3.05) is 19.6 Å². The van der Waals surface area contributed by atoms with Crippen LogP contribution in [0.4, 0.5) is 4.79 Å². The number of carbonyl (C=O) groups is 5. The van der Waals surface area contributed by atoms with Crippen LogP contribution in [0, 0.1) is 0 Å². The summed E-state index contributed by atoms with van der Waals surface area (Å²) in [5, 5.41) is 11.3. The maximum Gasteiger partial charge on any atom is 0.407 e. The third-order valence-electron chi connectivity index (χ3n) is 7.87. The van der Waals surface area contributed by atoms with Gasteiger partial charge in [0.2, 0.25) is 17.7 Å². The summed E-state index contributed by atoms with van der Waals surface area (Å²) >= 11 is 0. The third kappa shape index (κ3) is 30.0. The minimum absolute atomic E-state index is 0.0357. The largest absolute Gasteiger partial charge is 0.460 e. The fraction of sp³-hybridized carbons (Fsp3) is 0.868. The van der Waals surface area contributed by atoms with E-state index >= 15 is 0 Å². The van der Waals surface area contributed by atoms with Gasteiger partial charge in [0.05, 0.1) is 6.04 Å². The molecule has 2 unspecified atom stereocenters. The Hall–Kier alpha value is -2.89. The SMILES string of the molecule is CCCCCCCCCCCC(=O)NCCCCCCNC(=O)C(CCC(=O)OC(C)(C)C)NC(=O)C(N)CCCCNC(=O)OC(C)(C)C. The third-order valence-corrected chi connectivity index (χ3v) is 7.87. The predicted octanol–water partition coefficient (Wildman–Crippen LogP) is 6.33. The number of esters is 1. The highest BCUT2D eigenvalue weighted by molar-refractivity contribution is 5.90. The highest BCUT2D eigenvalue weighted by atomic mass is 16.6. The molecule has 0 aromatic heterocycles. The van der Waals surface area contributed by atoms with E-state index in [1.54, 1.807) is 41.5 Å². The minimum atomic E-state index is -0.934. The van der Waals surface area contributed by atoms with Crippen molar-refractivity contribution < 1.29 is 33.4 Å². The molecule has 4 amide bonds. The number of ether oxygens (including phenoxy) is 2. The van der Waals surface area contributed by atoms with Crippen LogP contribution in [0.3, 0.4) is 0 Å². The molecular formula is C38H73N5O7. The average molecular weight is 712 g/mol. The van der Waals surface area contributed by atoms with E-state index in [0.29, 0.717) is 45.3 Å². The average Bonchev–Trinajstić information content (AvgIpc) is 3.01. The van der Waals surface area contributed by atoms with E-state index in [1.807, 2.05) is 0 Å². The second-order valence-corrected chi connectivity index (χ2v) is 15.4. The zero-order valence-electron chi connectivity index (χ0n) is 32.6. The molecule has 0 rings (SSSR count). The number of nitrogens with one attached hydrogen (secondary N) is 4. The molecule has 0 saturated heterocycles. The topological polar surface area (TPSA) is 178 Å². The molecule has 12 heteroatoms. The summed E-state index contributed by atoms with van der Waals surface area (Å²) in [5.41, 5.74) is 4.87. The Morgan fingerprint density at radius 2 is 1.06 bits per heavy atom. The van der Waals surface area contributed by atoms with Crippen LogP contribution in [-0.2, 0) is 28.7 Å². The van der Waals surface area contributed by atoms with Crippen LogP contribution in [0.2, 0.25) is 0 Å². The Morgan fingerprint density at radius 3 is 1.64 bits per heavy atom. The van der Waals surface area contributed by atoms with E-state index < -0.39 is 41.3 Å². The Bertz CT molecular complexity index is 962. The number of alkyl carbamates (subject to hydrolysis) is 1. The van der Waals surface area contributed by atoms with Crippen LogP contribution in [0.5, 0.6) is 0 Å². The van der Waals surface area contributed by atoms with Crippen molar-refractivity contribution in [2.45, 2.75) is 194 Å². The lowest BCUT2D eigenvalue weighted by molar-refractivity contribution is -0.155. The van der Waals surface area contributed by atoms with E-state index in [4.69, 9.17) is 15.2 Å². The first-order valence-corrected chi connectivity index (χ1v) is 19.3. The molecule has 0 spiro atoms. The molecule has 0 saturated carbocycles. The number of carbonyl (C=O) groups excluding carboxylic acids is 5. The van der Waals surface area contributed by atoms with Crippen molar-refractivity contribution >= 4 is 29.8 Å². The van der Waals surface area contributed by atoms with Gasteiger partial charge in [-0.05, 0) is 86.5 Å². The number of amides is 4. The molecule has 0 aromatic rings. The Labute approximate surface area is 303 Å². The van der Waals surface area contributed by atoms with Gasteiger partial charge in [-0.3, -0.25) is 19.2 Å². The fourth-order valence-corrected chi connectivity index (χ4v) is 5.18. The first kappa shape index (κ1) is 47.1. The summed E-state index contributed by atoms with van der Waals surface area (Å²) in [5.74, 6) is -1.19. The van der Waals surface area contributed by atoms with E-state index in [-0.39, 0.29) is 24.7 Å². The number of hydrogen-bond donors (Lipinski definition) is 5. The van der Waals surface area contributed by atoms with Crippen molar-refractivity contribution in [3.05, 3.63) is 0 Å². The van der Waals surface area contributed by atoms with Gasteiger partial charge in [0.1, 0.15) is 17.2 Å². The molecule has 0 bridgehead atoms. The van der Waals surface area contributed by atoms with Gasteiger partial charge in [-0.1, -0.05) is 71.1 Å². The van der Waals surface area contributed by atoms with Crippen LogP contribution in [0.1, 0.15) is 170 Å². The fourth-order valence-electron chi connectivity index (χ4n) is 5.18. The van der Waals surface area contributed by atoms with E-state index in [0.717, 1.165) is 38.5 Å². The van der Waals surface area contributed by atoms with Crippen molar-refractivity contribution in [3.63, 3.8) is 0 Å². The van der Waals surface area contributed by atoms with Gasteiger partial charge in [0, 0.05) is 32.5 Å². The van der Waals surface area contributed by atoms with Gasteiger partial charge >= 0.3 is 12.1 Å². The normalized spacial score (nSPS) is 12.8. The molecule has 0 radical (unpaired) electrons. The van der Waals surface area contributed by atoms with Gasteiger partial charge in [-0.25, -0.2) is 4.79 Å². The molecule has 0 fully saturated rings. The van der Waals surface area contributed by atoms with Crippen LogP contribution in [0.15, 0.2) is 0 Å². The van der Waals surface area contributed by atoms with Crippen molar-refractivity contribution in [1.82, 2.24) is 21.3 Å². The van der Waals surface area contributed by atoms with Gasteiger partial charge in [-0.15, -0.1) is 0 Å². The zero-order chi connectivity index (χ0) is 37.8. The maximum absolute atomic E-state index is 13.1. The van der Waals surface area contributed by atoms with Crippen molar-refractivity contribution in [3.8, 4) is 0 Å². The van der Waals surface area contributed by atoms with E-state index in [1.165, 1.54) is 44.9 Å². The maximum atomic E-state index is 13.1. The summed E-state index contributed by atoms with van der Waals surface area (Å²) < 4.78 is 10.6. The molecule has 12 nitrogen and oxygen atoms in total. The van der Waals surface area contributed by atoms with Crippen LogP contribution in [-0.4, -0.2) is 72.7 Å². The molecule has 50 heavy (non-hydrogen) atoms. The number of unbranched alkanes of at least 4 members (excludes halogenated alkanes) is 12. The number of rotatable bonds is 28. The Morgan fingerprint density at radius 1 is 0.560 bits per heavy atom. The minimum Gasteiger partial charge on any atom is -0.460 e. The Balaban J connectivity index is 4.43. The lowest BCUT2D eigenvalue weighted by Gasteiger charge is -2.22. The summed E-state index contributed by atoms with van der Waals surface area (Å²) in [7, 11) is 0. The molecule has 2 atom stereocenters. The van der Waals surface area contributed by atoms with Gasteiger partial charge in [0.15, 0.2) is 0 Å².